The molecule has 0 bridgehead atoms. The molecule has 0 aliphatic carbocycles. The molecule has 0 spiro atoms. The van der Waals surface area contributed by atoms with E-state index in [1.807, 2.05) is 24.3 Å². The van der Waals surface area contributed by atoms with Gasteiger partial charge in [0.15, 0.2) is 5.96 Å². The molecule has 0 amide bonds. The van der Waals surface area contributed by atoms with Crippen LogP contribution in [0.5, 0.6) is 5.75 Å². The molecule has 2 aromatic carbocycles. The first-order chi connectivity index (χ1) is 11.7. The number of hydrogen-bond acceptors (Lipinski definition) is 3. The first kappa shape index (κ1) is 18.2. The Labute approximate surface area is 148 Å². The van der Waals surface area contributed by atoms with E-state index in [0.29, 0.717) is 6.54 Å². The van der Waals surface area contributed by atoms with Gasteiger partial charge in [-0.2, -0.15) is 0 Å². The van der Waals surface area contributed by atoms with Crippen LogP contribution in [0.15, 0.2) is 52.4 Å². The minimum atomic E-state index is 0.660. The summed E-state index contributed by atoms with van der Waals surface area (Å²) in [6.07, 6.45) is 2.10. The van der Waals surface area contributed by atoms with Gasteiger partial charge in [-0.25, -0.2) is 0 Å². The second kappa shape index (κ2) is 9.23. The molecule has 0 atom stereocenters. The highest BCUT2D eigenvalue weighted by Gasteiger charge is 2.05. The van der Waals surface area contributed by atoms with Crippen molar-refractivity contribution in [3.63, 3.8) is 0 Å². The third-order valence-corrected chi connectivity index (χ3v) is 4.57. The zero-order valence-corrected chi connectivity index (χ0v) is 15.5. The molecule has 128 valence electrons. The predicted molar refractivity (Wildman–Crippen MR) is 103 cm³/mol. The molecule has 0 saturated carbocycles. The van der Waals surface area contributed by atoms with Crippen molar-refractivity contribution < 1.29 is 4.74 Å². The monoisotopic (exact) mass is 343 g/mol. The molecule has 0 heterocycles. The Morgan fingerprint density at radius 3 is 2.46 bits per heavy atom. The van der Waals surface area contributed by atoms with E-state index in [2.05, 4.69) is 47.0 Å². The Balaban J connectivity index is 1.96. The second-order valence-electron chi connectivity index (χ2n) is 5.41. The fourth-order valence-electron chi connectivity index (χ4n) is 2.43. The van der Waals surface area contributed by atoms with Gasteiger partial charge in [0.2, 0.25) is 0 Å². The number of methoxy groups -OCH3 is 1. The number of ether oxygens (including phenoxy) is 1. The molecule has 2 rings (SSSR count). The molecule has 0 saturated heterocycles. The third-order valence-electron chi connectivity index (χ3n) is 3.75. The zero-order chi connectivity index (χ0) is 17.4. The van der Waals surface area contributed by atoms with Gasteiger partial charge in [0.1, 0.15) is 5.75 Å². The van der Waals surface area contributed by atoms with Crippen LogP contribution in [-0.2, 0) is 13.1 Å². The Kier molecular flexibility index (Phi) is 7.00. The zero-order valence-electron chi connectivity index (χ0n) is 14.7. The van der Waals surface area contributed by atoms with Gasteiger partial charge in [-0.05, 0) is 36.4 Å². The summed E-state index contributed by atoms with van der Waals surface area (Å²) >= 11 is 1.77. The van der Waals surface area contributed by atoms with E-state index in [0.717, 1.165) is 23.8 Å². The lowest BCUT2D eigenvalue weighted by Gasteiger charge is -2.15. The number of aliphatic imine (C=N–C) groups is 1. The van der Waals surface area contributed by atoms with Gasteiger partial charge in [-0.3, -0.25) is 4.99 Å². The summed E-state index contributed by atoms with van der Waals surface area (Å²) in [5.74, 6) is 1.65. The molecule has 0 fully saturated rings. The summed E-state index contributed by atoms with van der Waals surface area (Å²) in [7, 11) is 3.47. The Morgan fingerprint density at radius 2 is 1.79 bits per heavy atom. The van der Waals surface area contributed by atoms with Gasteiger partial charge in [0.25, 0.3) is 0 Å². The van der Waals surface area contributed by atoms with Crippen molar-refractivity contribution in [2.45, 2.75) is 24.9 Å². The molecule has 0 aromatic heterocycles. The van der Waals surface area contributed by atoms with Crippen molar-refractivity contribution in [1.82, 2.24) is 10.6 Å². The molecule has 2 N–H and O–H groups in total. The van der Waals surface area contributed by atoms with Crippen molar-refractivity contribution in [2.75, 3.05) is 20.4 Å². The highest BCUT2D eigenvalue weighted by atomic mass is 32.2. The molecule has 2 aromatic rings. The minimum Gasteiger partial charge on any atom is -0.496 e. The Morgan fingerprint density at radius 1 is 1.08 bits per heavy atom. The van der Waals surface area contributed by atoms with Crippen LogP contribution >= 0.6 is 11.8 Å². The average molecular weight is 343 g/mol. The van der Waals surface area contributed by atoms with Crippen molar-refractivity contribution in [3.8, 4) is 5.75 Å². The summed E-state index contributed by atoms with van der Waals surface area (Å²) in [5.41, 5.74) is 3.65. The largest absolute Gasteiger partial charge is 0.496 e. The number of guanidine groups is 1. The number of nitrogens with zero attached hydrogens (tertiary/aromatic N) is 1. The summed E-state index contributed by atoms with van der Waals surface area (Å²) < 4.78 is 5.38. The van der Waals surface area contributed by atoms with Crippen molar-refractivity contribution in [3.05, 3.63) is 59.2 Å². The second-order valence-corrected chi connectivity index (χ2v) is 6.25. The topological polar surface area (TPSA) is 45.7 Å². The van der Waals surface area contributed by atoms with Crippen LogP contribution in [0.1, 0.15) is 16.7 Å². The summed E-state index contributed by atoms with van der Waals surface area (Å²) in [6, 6.07) is 14.5. The highest BCUT2D eigenvalue weighted by molar-refractivity contribution is 7.98. The fraction of sp³-hybridized carbons (Fsp3) is 0.316. The van der Waals surface area contributed by atoms with Gasteiger partial charge in [0.05, 0.1) is 7.11 Å². The van der Waals surface area contributed by atoms with Crippen LogP contribution in [0.4, 0.5) is 0 Å². The highest BCUT2D eigenvalue weighted by Crippen LogP contribution is 2.21. The van der Waals surface area contributed by atoms with Crippen LogP contribution in [0.2, 0.25) is 0 Å². The van der Waals surface area contributed by atoms with Gasteiger partial charge in [-0.15, -0.1) is 11.8 Å². The maximum atomic E-state index is 5.38. The van der Waals surface area contributed by atoms with Crippen LogP contribution < -0.4 is 15.4 Å². The first-order valence-electron chi connectivity index (χ1n) is 7.88. The van der Waals surface area contributed by atoms with Crippen molar-refractivity contribution in [2.24, 2.45) is 4.99 Å². The first-order valence-corrected chi connectivity index (χ1v) is 9.10. The average Bonchev–Trinajstić information content (AvgIpc) is 2.62. The lowest BCUT2D eigenvalue weighted by molar-refractivity contribution is 0.409. The van der Waals surface area contributed by atoms with E-state index >= 15 is 0 Å². The van der Waals surface area contributed by atoms with Crippen molar-refractivity contribution in [1.29, 1.82) is 0 Å². The lowest BCUT2D eigenvalue weighted by Crippen LogP contribution is -2.36. The Bertz CT molecular complexity index is 701. The maximum absolute atomic E-state index is 5.38. The number of para-hydroxylation sites is 1. The van der Waals surface area contributed by atoms with Crippen LogP contribution in [0.3, 0.4) is 0 Å². The molecular weight excluding hydrogens is 318 g/mol. The van der Waals surface area contributed by atoms with Crippen LogP contribution in [0.25, 0.3) is 0 Å². The van der Waals surface area contributed by atoms with Crippen LogP contribution in [-0.4, -0.2) is 26.4 Å². The number of nitrogens with one attached hydrogen (secondary N) is 2. The summed E-state index contributed by atoms with van der Waals surface area (Å²) in [4.78, 5) is 5.59. The molecule has 0 aliphatic heterocycles. The van der Waals surface area contributed by atoms with Gasteiger partial charge < -0.3 is 15.4 Å². The smallest absolute Gasteiger partial charge is 0.191 e. The SMILES string of the molecule is CN=C(NCc1ccccc1OC)NCc1ccc(C)cc1SC. The predicted octanol–water partition coefficient (Wildman–Crippen LogP) is 3.59. The van der Waals surface area contributed by atoms with Gasteiger partial charge in [0, 0.05) is 30.6 Å². The van der Waals surface area contributed by atoms with E-state index in [9.17, 15) is 0 Å². The van der Waals surface area contributed by atoms with E-state index in [1.54, 1.807) is 25.9 Å². The molecule has 5 heteroatoms. The Hall–Kier alpha value is -2.14. The maximum Gasteiger partial charge on any atom is 0.191 e. The quantitative estimate of drug-likeness (QED) is 0.478. The molecule has 24 heavy (non-hydrogen) atoms. The summed E-state index contributed by atoms with van der Waals surface area (Å²) in [6.45, 7) is 3.51. The summed E-state index contributed by atoms with van der Waals surface area (Å²) in [5, 5.41) is 6.70. The number of hydrogen-bond donors (Lipinski definition) is 2. The number of thioether (sulfide) groups is 1. The third kappa shape index (κ3) is 4.93. The number of benzene rings is 2. The van der Waals surface area contributed by atoms with Gasteiger partial charge >= 0.3 is 0 Å². The van der Waals surface area contributed by atoms with E-state index in [4.69, 9.17) is 4.74 Å². The molecule has 0 unspecified atom stereocenters. The van der Waals surface area contributed by atoms with Crippen molar-refractivity contribution >= 4 is 17.7 Å². The number of rotatable bonds is 6. The standard InChI is InChI=1S/C19H25N3OS/c1-14-9-10-16(18(11-14)24-4)13-22-19(20-2)21-12-15-7-5-6-8-17(15)23-3/h5-11H,12-13H2,1-4H3,(H2,20,21,22). The van der Waals surface area contributed by atoms with E-state index in [1.165, 1.54) is 16.0 Å². The van der Waals surface area contributed by atoms with Crippen LogP contribution in [0, 0.1) is 6.92 Å². The fourth-order valence-corrected chi connectivity index (χ4v) is 3.13. The normalized spacial score (nSPS) is 11.2. The molecule has 0 radical (unpaired) electrons. The molecule has 0 aliphatic rings. The number of aryl methyl sites for hydroxylation is 1. The molecule has 4 nitrogen and oxygen atoms in total. The lowest BCUT2D eigenvalue weighted by atomic mass is 10.1. The van der Waals surface area contributed by atoms with E-state index in [-0.39, 0.29) is 0 Å². The minimum absolute atomic E-state index is 0.660. The van der Waals surface area contributed by atoms with Gasteiger partial charge in [-0.1, -0.05) is 30.3 Å². The molecular formula is C19H25N3OS. The van der Waals surface area contributed by atoms with E-state index < -0.39 is 0 Å².